The Morgan fingerprint density at radius 1 is 1.09 bits per heavy atom. The fourth-order valence-electron chi connectivity index (χ4n) is 3.64. The van der Waals surface area contributed by atoms with Crippen molar-refractivity contribution in [2.24, 2.45) is 0 Å². The summed E-state index contributed by atoms with van der Waals surface area (Å²) in [5, 5.41) is 2.66. The molecule has 0 atom stereocenters. The van der Waals surface area contributed by atoms with Gasteiger partial charge in [-0.2, -0.15) is 4.31 Å². The number of nitrogens with zero attached hydrogens (tertiary/aromatic N) is 3. The number of carbonyl (C=O) groups excluding carboxylic acids is 1. The van der Waals surface area contributed by atoms with Crippen LogP contribution < -0.4 is 4.74 Å². The van der Waals surface area contributed by atoms with Crippen molar-refractivity contribution in [1.29, 1.82) is 0 Å². The minimum Gasteiger partial charge on any atom is -0.493 e. The molecule has 0 radical (unpaired) electrons. The summed E-state index contributed by atoms with van der Waals surface area (Å²) in [6.07, 6.45) is 0.151. The molecular weight excluding hydrogens is 465 g/mol. The average molecular weight is 490 g/mol. The highest BCUT2D eigenvalue weighted by molar-refractivity contribution is 7.89. The predicted molar refractivity (Wildman–Crippen MR) is 124 cm³/mol. The van der Waals surface area contributed by atoms with Crippen molar-refractivity contribution in [3.8, 4) is 16.3 Å². The predicted octanol–water partition coefficient (Wildman–Crippen LogP) is 3.42. The van der Waals surface area contributed by atoms with Crippen LogP contribution in [0.2, 0.25) is 0 Å². The zero-order valence-corrected chi connectivity index (χ0v) is 19.7. The van der Waals surface area contributed by atoms with Crippen molar-refractivity contribution in [2.45, 2.75) is 18.2 Å². The second kappa shape index (κ2) is 9.98. The summed E-state index contributed by atoms with van der Waals surface area (Å²) in [6.45, 7) is 3.45. The molecule has 0 bridgehead atoms. The van der Waals surface area contributed by atoms with Gasteiger partial charge in [-0.15, -0.1) is 11.3 Å². The topological polar surface area (TPSA) is 79.8 Å². The molecule has 0 N–H and O–H groups in total. The van der Waals surface area contributed by atoms with Crippen LogP contribution >= 0.6 is 11.3 Å². The normalized spacial score (nSPS) is 14.9. The lowest BCUT2D eigenvalue weighted by Gasteiger charge is -2.34. The molecule has 2 heterocycles. The molecule has 3 aromatic rings. The van der Waals surface area contributed by atoms with Gasteiger partial charge in [0.1, 0.15) is 16.6 Å². The van der Waals surface area contributed by atoms with Crippen molar-refractivity contribution >= 4 is 27.3 Å². The van der Waals surface area contributed by atoms with Crippen molar-refractivity contribution in [3.05, 3.63) is 65.4 Å². The van der Waals surface area contributed by atoms with Gasteiger partial charge >= 0.3 is 0 Å². The van der Waals surface area contributed by atoms with Crippen LogP contribution in [0.4, 0.5) is 4.39 Å². The molecule has 1 saturated heterocycles. The number of hydrogen-bond acceptors (Lipinski definition) is 6. The number of piperazine rings is 1. The van der Waals surface area contributed by atoms with Crippen molar-refractivity contribution in [3.63, 3.8) is 0 Å². The van der Waals surface area contributed by atoms with E-state index in [-0.39, 0.29) is 30.3 Å². The van der Waals surface area contributed by atoms with Crippen molar-refractivity contribution in [2.75, 3.05) is 32.8 Å². The maximum Gasteiger partial charge on any atom is 0.243 e. The average Bonchev–Trinajstić information content (AvgIpc) is 3.28. The van der Waals surface area contributed by atoms with Crippen LogP contribution in [-0.2, 0) is 21.2 Å². The number of rotatable bonds is 7. The SMILES string of the molecule is CCOc1ccccc1-c1nc(CC(=O)N2CCN(S(=O)(=O)c3ccc(F)cc3)CC2)cs1. The number of sulfonamides is 1. The molecule has 0 aliphatic carbocycles. The Hall–Kier alpha value is -2.82. The number of carbonyl (C=O) groups is 1. The zero-order valence-electron chi connectivity index (χ0n) is 18.1. The molecule has 0 saturated carbocycles. The van der Waals surface area contributed by atoms with Crippen LogP contribution in [0.1, 0.15) is 12.6 Å². The number of para-hydroxylation sites is 1. The molecule has 7 nitrogen and oxygen atoms in total. The van der Waals surface area contributed by atoms with Crippen LogP contribution in [-0.4, -0.2) is 61.3 Å². The minimum absolute atomic E-state index is 0.0472. The Labute approximate surface area is 196 Å². The number of amides is 1. The maximum absolute atomic E-state index is 13.1. The van der Waals surface area contributed by atoms with E-state index in [1.54, 1.807) is 4.90 Å². The number of ether oxygens (including phenoxy) is 1. The first-order valence-corrected chi connectivity index (χ1v) is 12.9. The molecule has 10 heteroatoms. The first-order valence-electron chi connectivity index (χ1n) is 10.6. The maximum atomic E-state index is 13.1. The van der Waals surface area contributed by atoms with Crippen molar-refractivity contribution < 1.29 is 22.3 Å². The monoisotopic (exact) mass is 489 g/mol. The number of aromatic nitrogens is 1. The minimum atomic E-state index is -3.72. The van der Waals surface area contributed by atoms with Gasteiger partial charge in [0.2, 0.25) is 15.9 Å². The van der Waals surface area contributed by atoms with Gasteiger partial charge in [-0.1, -0.05) is 12.1 Å². The van der Waals surface area contributed by atoms with Gasteiger partial charge in [-0.25, -0.2) is 17.8 Å². The third-order valence-corrected chi connectivity index (χ3v) is 8.18. The molecule has 1 aliphatic heterocycles. The van der Waals surface area contributed by atoms with E-state index in [1.807, 2.05) is 36.6 Å². The van der Waals surface area contributed by atoms with E-state index < -0.39 is 15.8 Å². The summed E-state index contributed by atoms with van der Waals surface area (Å²) in [6, 6.07) is 12.4. The Morgan fingerprint density at radius 3 is 2.48 bits per heavy atom. The standard InChI is InChI=1S/C23H24FN3O4S2/c1-2-31-21-6-4-3-5-20(21)23-25-18(16-32-23)15-22(28)26-11-13-27(14-12-26)33(29,30)19-9-7-17(24)8-10-19/h3-10,16H,2,11-15H2,1H3. The Kier molecular flexibility index (Phi) is 7.06. The lowest BCUT2D eigenvalue weighted by molar-refractivity contribution is -0.131. The van der Waals surface area contributed by atoms with E-state index in [0.717, 1.165) is 28.5 Å². The number of benzene rings is 2. The van der Waals surface area contributed by atoms with E-state index in [4.69, 9.17) is 4.74 Å². The molecule has 0 unspecified atom stereocenters. The van der Waals surface area contributed by atoms with Gasteiger partial charge in [0.15, 0.2) is 0 Å². The zero-order chi connectivity index (χ0) is 23.4. The molecule has 1 fully saturated rings. The molecule has 1 amide bonds. The van der Waals surface area contributed by atoms with E-state index in [2.05, 4.69) is 4.98 Å². The lowest BCUT2D eigenvalue weighted by atomic mass is 10.2. The van der Waals surface area contributed by atoms with E-state index in [9.17, 15) is 17.6 Å². The van der Waals surface area contributed by atoms with Gasteiger partial charge in [0.25, 0.3) is 0 Å². The molecule has 2 aromatic carbocycles. The first-order chi connectivity index (χ1) is 15.9. The smallest absolute Gasteiger partial charge is 0.243 e. The molecule has 1 aliphatic rings. The molecule has 1 aromatic heterocycles. The van der Waals surface area contributed by atoms with Gasteiger partial charge in [-0.05, 0) is 43.3 Å². The summed E-state index contributed by atoms with van der Waals surface area (Å²) in [4.78, 5) is 19.1. The summed E-state index contributed by atoms with van der Waals surface area (Å²) in [5.74, 6) is 0.172. The summed E-state index contributed by atoms with van der Waals surface area (Å²) < 4.78 is 45.6. The second-order valence-corrected chi connectivity index (χ2v) is 10.3. The van der Waals surface area contributed by atoms with Crippen LogP contribution in [0.3, 0.4) is 0 Å². The highest BCUT2D eigenvalue weighted by Crippen LogP contribution is 2.32. The van der Waals surface area contributed by atoms with Crippen molar-refractivity contribution in [1.82, 2.24) is 14.2 Å². The fourth-order valence-corrected chi connectivity index (χ4v) is 5.91. The highest BCUT2D eigenvalue weighted by atomic mass is 32.2. The van der Waals surface area contributed by atoms with E-state index in [0.29, 0.717) is 25.4 Å². The largest absolute Gasteiger partial charge is 0.493 e. The number of halogens is 1. The Bertz CT molecular complexity index is 1220. The molecule has 174 valence electrons. The van der Waals surface area contributed by atoms with Crippen LogP contribution in [0.15, 0.2) is 58.8 Å². The third kappa shape index (κ3) is 5.23. The van der Waals surface area contributed by atoms with Crippen LogP contribution in [0.5, 0.6) is 5.75 Å². The Morgan fingerprint density at radius 2 is 1.79 bits per heavy atom. The molecular formula is C23H24FN3O4S2. The molecule has 4 rings (SSSR count). The summed E-state index contributed by atoms with van der Waals surface area (Å²) in [5.41, 5.74) is 1.57. The summed E-state index contributed by atoms with van der Waals surface area (Å²) >= 11 is 1.46. The highest BCUT2D eigenvalue weighted by Gasteiger charge is 2.30. The van der Waals surface area contributed by atoms with E-state index in [1.165, 1.54) is 27.8 Å². The first kappa shape index (κ1) is 23.3. The number of hydrogen-bond donors (Lipinski definition) is 0. The Balaban J connectivity index is 1.37. The van der Waals surface area contributed by atoms with Crippen LogP contribution in [0, 0.1) is 5.82 Å². The fraction of sp³-hybridized carbons (Fsp3) is 0.304. The molecule has 0 spiro atoms. The van der Waals surface area contributed by atoms with Gasteiger partial charge in [0.05, 0.1) is 29.2 Å². The lowest BCUT2D eigenvalue weighted by Crippen LogP contribution is -2.50. The molecule has 33 heavy (non-hydrogen) atoms. The quantitative estimate of drug-likeness (QED) is 0.508. The van der Waals surface area contributed by atoms with E-state index >= 15 is 0 Å². The third-order valence-electron chi connectivity index (χ3n) is 5.34. The van der Waals surface area contributed by atoms with Crippen LogP contribution in [0.25, 0.3) is 10.6 Å². The number of thiazole rings is 1. The van der Waals surface area contributed by atoms with Gasteiger partial charge < -0.3 is 9.64 Å². The second-order valence-electron chi connectivity index (χ2n) is 7.49. The summed E-state index contributed by atoms with van der Waals surface area (Å²) in [7, 11) is -3.72. The van der Waals surface area contributed by atoms with Gasteiger partial charge in [0, 0.05) is 31.6 Å². The van der Waals surface area contributed by atoms with Gasteiger partial charge in [-0.3, -0.25) is 4.79 Å².